The predicted octanol–water partition coefficient (Wildman–Crippen LogP) is 5.01. The van der Waals surface area contributed by atoms with Crippen molar-refractivity contribution >= 4 is 34.0 Å². The molecule has 0 aliphatic heterocycles. The van der Waals surface area contributed by atoms with E-state index < -0.39 is 0 Å². The van der Waals surface area contributed by atoms with Crippen molar-refractivity contribution in [3.05, 3.63) is 95.1 Å². The summed E-state index contributed by atoms with van der Waals surface area (Å²) < 4.78 is 15.3. The number of halogens is 1. The second-order valence-electron chi connectivity index (χ2n) is 7.35. The predicted molar refractivity (Wildman–Crippen MR) is 117 cm³/mol. The van der Waals surface area contributed by atoms with Gasteiger partial charge in [-0.3, -0.25) is 9.20 Å². The van der Waals surface area contributed by atoms with E-state index in [0.29, 0.717) is 33.9 Å². The van der Waals surface area contributed by atoms with Gasteiger partial charge in [0.1, 0.15) is 11.6 Å². The first-order valence-electron chi connectivity index (χ1n) is 9.80. The van der Waals surface area contributed by atoms with E-state index in [0.717, 1.165) is 16.8 Å². The maximum Gasteiger partial charge on any atom is 0.204 e. The van der Waals surface area contributed by atoms with Crippen LogP contribution in [0.25, 0.3) is 16.7 Å². The molecule has 5 aromatic rings. The molecule has 2 heterocycles. The van der Waals surface area contributed by atoms with Gasteiger partial charge in [-0.15, -0.1) is 10.2 Å². The van der Waals surface area contributed by atoms with Crippen LogP contribution in [0.5, 0.6) is 0 Å². The van der Waals surface area contributed by atoms with Crippen molar-refractivity contribution in [3.63, 3.8) is 0 Å². The Bertz CT molecular complexity index is 1460. The molecule has 0 unspecified atom stereocenters. The molecule has 0 spiro atoms. The van der Waals surface area contributed by atoms with Gasteiger partial charge in [0, 0.05) is 16.8 Å². The summed E-state index contributed by atoms with van der Waals surface area (Å²) in [6, 6.07) is 19.1. The third-order valence-corrected chi connectivity index (χ3v) is 5.22. The van der Waals surface area contributed by atoms with E-state index in [1.807, 2.05) is 48.6 Å². The Balaban J connectivity index is 1.66. The van der Waals surface area contributed by atoms with Crippen molar-refractivity contribution in [2.75, 3.05) is 5.32 Å². The number of carbonyl (C=O) groups is 1. The van der Waals surface area contributed by atoms with Gasteiger partial charge in [-0.25, -0.2) is 9.37 Å². The molecule has 0 bridgehead atoms. The maximum absolute atomic E-state index is 13.5. The van der Waals surface area contributed by atoms with E-state index in [2.05, 4.69) is 15.5 Å². The summed E-state index contributed by atoms with van der Waals surface area (Å²) >= 11 is 0. The molecule has 0 radical (unpaired) electrons. The number of anilines is 2. The molecule has 7 heteroatoms. The first-order valence-corrected chi connectivity index (χ1v) is 9.80. The van der Waals surface area contributed by atoms with Crippen LogP contribution in [0, 0.1) is 19.7 Å². The third kappa shape index (κ3) is 3.30. The quantitative estimate of drug-likeness (QED) is 0.421. The Labute approximate surface area is 177 Å². The summed E-state index contributed by atoms with van der Waals surface area (Å²) in [5.41, 5.74) is 4.61. The van der Waals surface area contributed by atoms with Crippen molar-refractivity contribution in [1.82, 2.24) is 19.6 Å². The van der Waals surface area contributed by atoms with Crippen LogP contribution in [-0.2, 0) is 0 Å². The Morgan fingerprint density at radius 1 is 0.935 bits per heavy atom. The fourth-order valence-electron chi connectivity index (χ4n) is 3.65. The highest BCUT2D eigenvalue weighted by Gasteiger charge is 2.16. The molecular weight excluding hydrogens is 393 g/mol. The number of benzene rings is 3. The van der Waals surface area contributed by atoms with Crippen LogP contribution in [0.2, 0.25) is 0 Å². The van der Waals surface area contributed by atoms with Crippen LogP contribution < -0.4 is 5.32 Å². The molecule has 0 atom stereocenters. The highest BCUT2D eigenvalue weighted by Crippen LogP contribution is 2.27. The van der Waals surface area contributed by atoms with Gasteiger partial charge in [0.05, 0.1) is 11.0 Å². The lowest BCUT2D eigenvalue weighted by molar-refractivity contribution is 0.103. The van der Waals surface area contributed by atoms with E-state index in [4.69, 9.17) is 4.98 Å². The zero-order valence-corrected chi connectivity index (χ0v) is 16.9. The monoisotopic (exact) mass is 411 g/mol. The molecule has 1 N–H and O–H groups in total. The molecule has 5 rings (SSSR count). The number of ketones is 1. The molecule has 3 aromatic carbocycles. The van der Waals surface area contributed by atoms with Crippen molar-refractivity contribution in [3.8, 4) is 0 Å². The largest absolute Gasteiger partial charge is 0.337 e. The maximum atomic E-state index is 13.5. The summed E-state index contributed by atoms with van der Waals surface area (Å²) in [4.78, 5) is 17.6. The van der Waals surface area contributed by atoms with E-state index in [1.165, 1.54) is 12.1 Å². The van der Waals surface area contributed by atoms with Gasteiger partial charge in [0.25, 0.3) is 0 Å². The van der Waals surface area contributed by atoms with E-state index >= 15 is 0 Å². The molecule has 0 aliphatic carbocycles. The zero-order chi connectivity index (χ0) is 21.5. The third-order valence-electron chi connectivity index (χ3n) is 5.22. The second kappa shape index (κ2) is 7.28. The standard InChI is InChI=1S/C24H18FN5O/c1-14-12-18(25)9-11-19(14)26-23-24-29-28-15(2)30(24)21-13-17(8-10-20(21)27-23)22(31)16-6-4-3-5-7-16/h3-13H,1-2H3,(H,26,27). The molecule has 0 fully saturated rings. The van der Waals surface area contributed by atoms with Crippen molar-refractivity contribution in [1.29, 1.82) is 0 Å². The molecule has 6 nitrogen and oxygen atoms in total. The first-order chi connectivity index (χ1) is 15.0. The number of nitrogens with one attached hydrogen (secondary N) is 1. The van der Waals surface area contributed by atoms with Crippen molar-refractivity contribution in [2.24, 2.45) is 0 Å². The number of carbonyl (C=O) groups excluding carboxylic acids is 1. The van der Waals surface area contributed by atoms with E-state index in [9.17, 15) is 9.18 Å². The zero-order valence-electron chi connectivity index (χ0n) is 16.9. The highest BCUT2D eigenvalue weighted by molar-refractivity contribution is 6.10. The minimum atomic E-state index is -0.298. The Hall–Kier alpha value is -4.13. The lowest BCUT2D eigenvalue weighted by Crippen LogP contribution is -2.05. The number of aryl methyl sites for hydroxylation is 2. The Kier molecular flexibility index (Phi) is 4.43. The summed E-state index contributed by atoms with van der Waals surface area (Å²) in [7, 11) is 0. The van der Waals surface area contributed by atoms with Gasteiger partial charge in [-0.1, -0.05) is 30.3 Å². The van der Waals surface area contributed by atoms with Crippen LogP contribution in [0.1, 0.15) is 27.3 Å². The molecule has 0 aliphatic rings. The molecule has 0 saturated carbocycles. The van der Waals surface area contributed by atoms with Crippen LogP contribution in [0.3, 0.4) is 0 Å². The molecule has 0 saturated heterocycles. The lowest BCUT2D eigenvalue weighted by atomic mass is 10.0. The Morgan fingerprint density at radius 2 is 1.74 bits per heavy atom. The summed E-state index contributed by atoms with van der Waals surface area (Å²) in [5.74, 6) is 0.814. The van der Waals surface area contributed by atoms with Crippen LogP contribution >= 0.6 is 0 Å². The van der Waals surface area contributed by atoms with Crippen LogP contribution in [0.15, 0.2) is 66.7 Å². The number of nitrogens with zero attached hydrogens (tertiary/aromatic N) is 4. The molecule has 31 heavy (non-hydrogen) atoms. The van der Waals surface area contributed by atoms with Crippen molar-refractivity contribution in [2.45, 2.75) is 13.8 Å². The minimum Gasteiger partial charge on any atom is -0.337 e. The van der Waals surface area contributed by atoms with Crippen LogP contribution in [-0.4, -0.2) is 25.4 Å². The normalized spacial score (nSPS) is 11.2. The van der Waals surface area contributed by atoms with Gasteiger partial charge < -0.3 is 5.32 Å². The average molecular weight is 411 g/mol. The SMILES string of the molecule is Cc1cc(F)ccc1Nc1nc2ccc(C(=O)c3ccccc3)cc2n2c(C)nnc12. The Morgan fingerprint density at radius 3 is 2.52 bits per heavy atom. The average Bonchev–Trinajstić information content (AvgIpc) is 3.18. The fourth-order valence-corrected chi connectivity index (χ4v) is 3.65. The lowest BCUT2D eigenvalue weighted by Gasteiger charge is -2.12. The van der Waals surface area contributed by atoms with Gasteiger partial charge in [0.2, 0.25) is 5.65 Å². The van der Waals surface area contributed by atoms with Gasteiger partial charge >= 0.3 is 0 Å². The van der Waals surface area contributed by atoms with E-state index in [1.54, 1.807) is 24.3 Å². The number of rotatable bonds is 4. The van der Waals surface area contributed by atoms with Gasteiger partial charge in [-0.05, 0) is 55.8 Å². The van der Waals surface area contributed by atoms with Crippen molar-refractivity contribution < 1.29 is 9.18 Å². The molecule has 2 aromatic heterocycles. The smallest absolute Gasteiger partial charge is 0.204 e. The molecular formula is C24H18FN5O. The van der Waals surface area contributed by atoms with Crippen LogP contribution in [0.4, 0.5) is 15.9 Å². The topological polar surface area (TPSA) is 72.2 Å². The summed E-state index contributed by atoms with van der Waals surface area (Å²) in [6.07, 6.45) is 0. The molecule has 0 amide bonds. The van der Waals surface area contributed by atoms with E-state index in [-0.39, 0.29) is 11.6 Å². The number of aromatic nitrogens is 4. The fraction of sp³-hybridized carbons (Fsp3) is 0.0833. The molecule has 152 valence electrons. The highest BCUT2D eigenvalue weighted by atomic mass is 19.1. The summed E-state index contributed by atoms with van der Waals surface area (Å²) in [5, 5.41) is 11.7. The number of hydrogen-bond donors (Lipinski definition) is 1. The number of fused-ring (bicyclic) bond motifs is 3. The minimum absolute atomic E-state index is 0.0643. The first kappa shape index (κ1) is 18.9. The number of hydrogen-bond acceptors (Lipinski definition) is 5. The second-order valence-corrected chi connectivity index (χ2v) is 7.35. The van der Waals surface area contributed by atoms with Gasteiger partial charge in [-0.2, -0.15) is 0 Å². The summed E-state index contributed by atoms with van der Waals surface area (Å²) in [6.45, 7) is 3.66. The van der Waals surface area contributed by atoms with Gasteiger partial charge in [0.15, 0.2) is 11.6 Å².